The molecular formula is C15H20N2O3. The Kier molecular flexibility index (Phi) is 4.74. The number of carbonyl (C=O) groups excluding carboxylic acids is 2. The molecule has 1 aliphatic rings. The molecule has 1 heterocycles. The molecule has 0 aliphatic carbocycles. The Balaban J connectivity index is 2.09. The summed E-state index contributed by atoms with van der Waals surface area (Å²) in [5.74, 6) is -0.0263. The number of benzene rings is 1. The Morgan fingerprint density at radius 1 is 1.35 bits per heavy atom. The highest BCUT2D eigenvalue weighted by atomic mass is 16.5. The van der Waals surface area contributed by atoms with Crippen LogP contribution in [-0.4, -0.2) is 31.6 Å². The summed E-state index contributed by atoms with van der Waals surface area (Å²) in [7, 11) is 1.32. The van der Waals surface area contributed by atoms with Gasteiger partial charge in [0.2, 0.25) is 5.91 Å². The van der Waals surface area contributed by atoms with E-state index in [1.165, 1.54) is 7.11 Å². The fourth-order valence-electron chi connectivity index (χ4n) is 2.41. The summed E-state index contributed by atoms with van der Waals surface area (Å²) in [5.41, 5.74) is 0.858. The van der Waals surface area contributed by atoms with Gasteiger partial charge in [-0.1, -0.05) is 19.1 Å². The predicted molar refractivity (Wildman–Crippen MR) is 76.6 cm³/mol. The number of anilines is 1. The van der Waals surface area contributed by atoms with Gasteiger partial charge in [0.1, 0.15) is 0 Å². The van der Waals surface area contributed by atoms with Crippen LogP contribution in [0.1, 0.15) is 30.1 Å². The van der Waals surface area contributed by atoms with Crippen molar-refractivity contribution >= 4 is 17.6 Å². The van der Waals surface area contributed by atoms with Crippen molar-refractivity contribution in [1.82, 2.24) is 5.32 Å². The highest BCUT2D eigenvalue weighted by Crippen LogP contribution is 2.19. The van der Waals surface area contributed by atoms with Gasteiger partial charge >= 0.3 is 5.97 Å². The normalized spacial score (nSPS) is 22.1. The monoisotopic (exact) mass is 276 g/mol. The standard InChI is InChI=1S/C15H20N2O3/c1-10-7-8-16-13(9-10)14(18)17-12-6-4-3-5-11(12)15(19)20-2/h3-6,10,13,16H,7-9H2,1-2H3,(H,17,18). The van der Waals surface area contributed by atoms with Gasteiger partial charge in [0, 0.05) is 0 Å². The predicted octanol–water partition coefficient (Wildman–Crippen LogP) is 1.80. The Bertz CT molecular complexity index is 502. The number of hydrogen-bond acceptors (Lipinski definition) is 4. The molecule has 1 aliphatic heterocycles. The number of esters is 1. The van der Waals surface area contributed by atoms with E-state index in [-0.39, 0.29) is 11.9 Å². The van der Waals surface area contributed by atoms with E-state index in [0.29, 0.717) is 17.2 Å². The summed E-state index contributed by atoms with van der Waals surface area (Å²) >= 11 is 0. The molecule has 0 saturated carbocycles. The van der Waals surface area contributed by atoms with Gasteiger partial charge in [-0.15, -0.1) is 0 Å². The third-order valence-corrected chi connectivity index (χ3v) is 3.57. The van der Waals surface area contributed by atoms with Crippen molar-refractivity contribution in [2.24, 2.45) is 5.92 Å². The van der Waals surface area contributed by atoms with Crippen LogP contribution in [0.4, 0.5) is 5.69 Å². The van der Waals surface area contributed by atoms with E-state index in [4.69, 9.17) is 4.74 Å². The van der Waals surface area contributed by atoms with Crippen molar-refractivity contribution in [3.8, 4) is 0 Å². The highest BCUT2D eigenvalue weighted by molar-refractivity contribution is 6.02. The van der Waals surface area contributed by atoms with Gasteiger partial charge in [0.15, 0.2) is 0 Å². The molecule has 2 rings (SSSR count). The van der Waals surface area contributed by atoms with E-state index in [2.05, 4.69) is 17.6 Å². The molecule has 0 bridgehead atoms. The summed E-state index contributed by atoms with van der Waals surface area (Å²) in [5, 5.41) is 6.02. The molecule has 0 radical (unpaired) electrons. The van der Waals surface area contributed by atoms with Crippen LogP contribution in [0.5, 0.6) is 0 Å². The molecule has 0 spiro atoms. The first kappa shape index (κ1) is 14.5. The van der Waals surface area contributed by atoms with Gasteiger partial charge in [-0.05, 0) is 37.4 Å². The van der Waals surface area contributed by atoms with E-state index in [1.54, 1.807) is 24.3 Å². The van der Waals surface area contributed by atoms with Crippen LogP contribution < -0.4 is 10.6 Å². The summed E-state index contributed by atoms with van der Waals surface area (Å²) < 4.78 is 4.72. The first-order valence-corrected chi connectivity index (χ1v) is 6.83. The molecule has 2 atom stereocenters. The van der Waals surface area contributed by atoms with Gasteiger partial charge in [0.25, 0.3) is 0 Å². The van der Waals surface area contributed by atoms with Crippen molar-refractivity contribution in [2.75, 3.05) is 19.0 Å². The summed E-state index contributed by atoms with van der Waals surface area (Å²) in [6.45, 7) is 2.99. The summed E-state index contributed by atoms with van der Waals surface area (Å²) in [6, 6.07) is 6.65. The van der Waals surface area contributed by atoms with Crippen molar-refractivity contribution in [1.29, 1.82) is 0 Å². The zero-order valence-corrected chi connectivity index (χ0v) is 11.8. The van der Waals surface area contributed by atoms with Crippen LogP contribution in [0.15, 0.2) is 24.3 Å². The number of ether oxygens (including phenoxy) is 1. The van der Waals surface area contributed by atoms with E-state index in [9.17, 15) is 9.59 Å². The van der Waals surface area contributed by atoms with Crippen molar-refractivity contribution in [3.05, 3.63) is 29.8 Å². The van der Waals surface area contributed by atoms with Crippen molar-refractivity contribution in [3.63, 3.8) is 0 Å². The fraction of sp³-hybridized carbons (Fsp3) is 0.467. The molecule has 5 nitrogen and oxygen atoms in total. The van der Waals surface area contributed by atoms with Crippen LogP contribution in [0.25, 0.3) is 0 Å². The number of hydrogen-bond donors (Lipinski definition) is 2. The topological polar surface area (TPSA) is 67.4 Å². The smallest absolute Gasteiger partial charge is 0.339 e. The zero-order valence-electron chi connectivity index (χ0n) is 11.8. The number of amides is 1. The second-order valence-corrected chi connectivity index (χ2v) is 5.16. The van der Waals surface area contributed by atoms with Crippen LogP contribution in [0, 0.1) is 5.92 Å². The number of rotatable bonds is 3. The van der Waals surface area contributed by atoms with E-state index in [0.717, 1.165) is 19.4 Å². The average molecular weight is 276 g/mol. The molecule has 108 valence electrons. The Hall–Kier alpha value is -1.88. The van der Waals surface area contributed by atoms with Gasteiger partial charge in [-0.25, -0.2) is 4.79 Å². The minimum Gasteiger partial charge on any atom is -0.465 e. The maximum Gasteiger partial charge on any atom is 0.339 e. The lowest BCUT2D eigenvalue weighted by molar-refractivity contribution is -0.119. The van der Waals surface area contributed by atoms with Gasteiger partial charge in [-0.2, -0.15) is 0 Å². The lowest BCUT2D eigenvalue weighted by atomic mass is 9.94. The minimum absolute atomic E-state index is 0.104. The van der Waals surface area contributed by atoms with Crippen LogP contribution in [0.2, 0.25) is 0 Å². The van der Waals surface area contributed by atoms with Crippen molar-refractivity contribution in [2.45, 2.75) is 25.8 Å². The maximum absolute atomic E-state index is 12.3. The molecule has 5 heteroatoms. The molecule has 1 aromatic rings. The van der Waals surface area contributed by atoms with E-state index >= 15 is 0 Å². The molecule has 1 amide bonds. The Labute approximate surface area is 118 Å². The number of para-hydroxylation sites is 1. The van der Waals surface area contributed by atoms with E-state index in [1.807, 2.05) is 0 Å². The molecule has 20 heavy (non-hydrogen) atoms. The third kappa shape index (κ3) is 3.36. The van der Waals surface area contributed by atoms with E-state index < -0.39 is 5.97 Å². The first-order chi connectivity index (χ1) is 9.61. The Morgan fingerprint density at radius 2 is 2.10 bits per heavy atom. The molecule has 1 saturated heterocycles. The molecule has 2 unspecified atom stereocenters. The van der Waals surface area contributed by atoms with Crippen molar-refractivity contribution < 1.29 is 14.3 Å². The lowest BCUT2D eigenvalue weighted by Crippen LogP contribution is -2.45. The largest absolute Gasteiger partial charge is 0.465 e. The zero-order chi connectivity index (χ0) is 14.5. The number of methoxy groups -OCH3 is 1. The minimum atomic E-state index is -0.453. The maximum atomic E-state index is 12.3. The molecule has 1 fully saturated rings. The van der Waals surface area contributed by atoms with Gasteiger partial charge in [-0.3, -0.25) is 4.79 Å². The third-order valence-electron chi connectivity index (χ3n) is 3.57. The molecule has 0 aromatic heterocycles. The number of carbonyl (C=O) groups is 2. The summed E-state index contributed by atoms with van der Waals surface area (Å²) in [6.07, 6.45) is 1.90. The quantitative estimate of drug-likeness (QED) is 0.826. The SMILES string of the molecule is COC(=O)c1ccccc1NC(=O)C1CC(C)CCN1. The van der Waals surface area contributed by atoms with Crippen LogP contribution in [0.3, 0.4) is 0 Å². The average Bonchev–Trinajstić information content (AvgIpc) is 2.47. The molecule has 2 N–H and O–H groups in total. The highest BCUT2D eigenvalue weighted by Gasteiger charge is 2.25. The fourth-order valence-corrected chi connectivity index (χ4v) is 2.41. The number of piperidine rings is 1. The van der Waals surface area contributed by atoms with Gasteiger partial charge in [0.05, 0.1) is 24.4 Å². The van der Waals surface area contributed by atoms with Gasteiger partial charge < -0.3 is 15.4 Å². The van der Waals surface area contributed by atoms with Crippen LogP contribution in [-0.2, 0) is 9.53 Å². The number of nitrogens with one attached hydrogen (secondary N) is 2. The first-order valence-electron chi connectivity index (χ1n) is 6.83. The molecular weight excluding hydrogens is 256 g/mol. The Morgan fingerprint density at radius 3 is 2.80 bits per heavy atom. The lowest BCUT2D eigenvalue weighted by Gasteiger charge is -2.27. The summed E-state index contributed by atoms with van der Waals surface area (Å²) in [4.78, 5) is 23.9. The molecule has 1 aromatic carbocycles. The second-order valence-electron chi connectivity index (χ2n) is 5.16. The second kappa shape index (κ2) is 6.52. The van der Waals surface area contributed by atoms with Crippen LogP contribution >= 0.6 is 0 Å².